The first-order chi connectivity index (χ1) is 8.47. The van der Waals surface area contributed by atoms with Crippen LogP contribution in [0.3, 0.4) is 0 Å². The zero-order valence-electron chi connectivity index (χ0n) is 10.9. The van der Waals surface area contributed by atoms with Crippen LogP contribution < -0.4 is 5.32 Å². The first-order valence-corrected chi connectivity index (χ1v) is 6.73. The fourth-order valence-corrected chi connectivity index (χ4v) is 2.25. The van der Waals surface area contributed by atoms with Crippen molar-refractivity contribution in [3.63, 3.8) is 0 Å². The van der Waals surface area contributed by atoms with Crippen molar-refractivity contribution in [1.29, 1.82) is 0 Å². The molecule has 0 unspecified atom stereocenters. The molecule has 0 aliphatic heterocycles. The number of anilines is 2. The van der Waals surface area contributed by atoms with Gasteiger partial charge in [-0.1, -0.05) is 39.0 Å². The maximum Gasteiger partial charge on any atom is 0.0582 e. The van der Waals surface area contributed by atoms with Gasteiger partial charge in [-0.2, -0.15) is 0 Å². The Labute approximate surface area is 117 Å². The van der Waals surface area contributed by atoms with Crippen LogP contribution in [0.15, 0.2) is 47.2 Å². The zero-order chi connectivity index (χ0) is 13.2. The summed E-state index contributed by atoms with van der Waals surface area (Å²) in [5.41, 5.74) is 3.53. The Morgan fingerprint density at radius 3 is 2.50 bits per heavy atom. The smallest absolute Gasteiger partial charge is 0.0582 e. The number of pyridine rings is 1. The fourth-order valence-electron chi connectivity index (χ4n) is 1.88. The second-order valence-electron chi connectivity index (χ2n) is 5.31. The SMILES string of the molecule is CC(C)(C)c1ccccc1Nc1cncc(Br)c1. The van der Waals surface area contributed by atoms with Crippen molar-refractivity contribution in [1.82, 2.24) is 4.98 Å². The van der Waals surface area contributed by atoms with Crippen molar-refractivity contribution in [2.75, 3.05) is 5.32 Å². The molecule has 2 nitrogen and oxygen atoms in total. The second-order valence-corrected chi connectivity index (χ2v) is 6.23. The van der Waals surface area contributed by atoms with E-state index in [4.69, 9.17) is 0 Å². The maximum atomic E-state index is 4.16. The Balaban J connectivity index is 2.35. The average molecular weight is 305 g/mol. The lowest BCUT2D eigenvalue weighted by molar-refractivity contribution is 0.592. The summed E-state index contributed by atoms with van der Waals surface area (Å²) in [7, 11) is 0. The summed E-state index contributed by atoms with van der Waals surface area (Å²) < 4.78 is 0.973. The minimum Gasteiger partial charge on any atom is -0.354 e. The van der Waals surface area contributed by atoms with Crippen molar-refractivity contribution < 1.29 is 0 Å². The van der Waals surface area contributed by atoms with Gasteiger partial charge in [-0.15, -0.1) is 0 Å². The highest BCUT2D eigenvalue weighted by Crippen LogP contribution is 2.31. The minimum absolute atomic E-state index is 0.114. The molecule has 1 aromatic heterocycles. The van der Waals surface area contributed by atoms with Crippen molar-refractivity contribution >= 4 is 27.3 Å². The Hall–Kier alpha value is -1.35. The van der Waals surface area contributed by atoms with E-state index in [0.29, 0.717) is 0 Å². The molecule has 0 aliphatic rings. The average Bonchev–Trinajstić information content (AvgIpc) is 2.28. The normalized spacial score (nSPS) is 11.3. The first kappa shape index (κ1) is 13.1. The molecule has 0 bridgehead atoms. The molecule has 1 aromatic carbocycles. The highest BCUT2D eigenvalue weighted by atomic mass is 79.9. The quantitative estimate of drug-likeness (QED) is 0.855. The summed E-state index contributed by atoms with van der Waals surface area (Å²) >= 11 is 3.43. The van der Waals surface area contributed by atoms with Gasteiger partial charge >= 0.3 is 0 Å². The lowest BCUT2D eigenvalue weighted by Crippen LogP contribution is -2.13. The number of hydrogen-bond donors (Lipinski definition) is 1. The summed E-state index contributed by atoms with van der Waals surface area (Å²) in [6, 6.07) is 10.4. The van der Waals surface area contributed by atoms with Crippen LogP contribution in [0.25, 0.3) is 0 Å². The fraction of sp³-hybridized carbons (Fsp3) is 0.267. The molecule has 2 aromatic rings. The van der Waals surface area contributed by atoms with E-state index < -0.39 is 0 Å². The topological polar surface area (TPSA) is 24.9 Å². The third-order valence-corrected chi connectivity index (χ3v) is 3.15. The van der Waals surface area contributed by atoms with Crippen molar-refractivity contribution in [2.24, 2.45) is 0 Å². The van der Waals surface area contributed by atoms with Crippen molar-refractivity contribution in [2.45, 2.75) is 26.2 Å². The van der Waals surface area contributed by atoms with Gasteiger partial charge in [-0.25, -0.2) is 0 Å². The van der Waals surface area contributed by atoms with Crippen LogP contribution in [0, 0.1) is 0 Å². The molecular weight excluding hydrogens is 288 g/mol. The van der Waals surface area contributed by atoms with E-state index in [1.54, 1.807) is 6.20 Å². The molecule has 3 heteroatoms. The van der Waals surface area contributed by atoms with E-state index in [1.807, 2.05) is 18.3 Å². The number of para-hydroxylation sites is 1. The van der Waals surface area contributed by atoms with Gasteiger partial charge in [0.2, 0.25) is 0 Å². The Bertz CT molecular complexity index is 544. The monoisotopic (exact) mass is 304 g/mol. The van der Waals surface area contributed by atoms with E-state index in [2.05, 4.69) is 65.2 Å². The standard InChI is InChI=1S/C15H17BrN2/c1-15(2,3)13-6-4-5-7-14(13)18-12-8-11(16)9-17-10-12/h4-10,18H,1-3H3. The zero-order valence-corrected chi connectivity index (χ0v) is 12.5. The van der Waals surface area contributed by atoms with Crippen LogP contribution in [0.1, 0.15) is 26.3 Å². The highest BCUT2D eigenvalue weighted by molar-refractivity contribution is 9.10. The summed E-state index contributed by atoms with van der Waals surface area (Å²) in [6.07, 6.45) is 3.60. The Morgan fingerprint density at radius 2 is 1.83 bits per heavy atom. The largest absolute Gasteiger partial charge is 0.354 e. The predicted molar refractivity (Wildman–Crippen MR) is 80.4 cm³/mol. The van der Waals surface area contributed by atoms with Crippen LogP contribution >= 0.6 is 15.9 Å². The molecule has 1 heterocycles. The third kappa shape index (κ3) is 3.10. The molecule has 0 radical (unpaired) electrons. The van der Waals surface area contributed by atoms with Crippen molar-refractivity contribution in [3.05, 3.63) is 52.8 Å². The molecule has 0 aliphatic carbocycles. The molecule has 1 N–H and O–H groups in total. The van der Waals surface area contributed by atoms with Gasteiger partial charge < -0.3 is 5.32 Å². The highest BCUT2D eigenvalue weighted by Gasteiger charge is 2.17. The molecule has 0 spiro atoms. The second kappa shape index (κ2) is 5.11. The molecule has 0 atom stereocenters. The molecule has 0 saturated carbocycles. The summed E-state index contributed by atoms with van der Waals surface area (Å²) in [6.45, 7) is 6.64. The minimum atomic E-state index is 0.114. The predicted octanol–water partition coefficient (Wildman–Crippen LogP) is 4.89. The van der Waals surface area contributed by atoms with Gasteiger partial charge in [-0.05, 0) is 39.0 Å². The molecule has 2 rings (SSSR count). The number of benzene rings is 1. The van der Waals surface area contributed by atoms with Gasteiger partial charge in [0.1, 0.15) is 0 Å². The van der Waals surface area contributed by atoms with Gasteiger partial charge in [0.25, 0.3) is 0 Å². The van der Waals surface area contributed by atoms with Gasteiger partial charge in [0, 0.05) is 16.4 Å². The van der Waals surface area contributed by atoms with Crippen LogP contribution in [0.5, 0.6) is 0 Å². The number of nitrogens with zero attached hydrogens (tertiary/aromatic N) is 1. The number of aromatic nitrogens is 1. The summed E-state index contributed by atoms with van der Waals surface area (Å²) in [5.74, 6) is 0. The van der Waals surface area contributed by atoms with Crippen LogP contribution in [0.2, 0.25) is 0 Å². The Kier molecular flexibility index (Phi) is 3.71. The van der Waals surface area contributed by atoms with E-state index >= 15 is 0 Å². The van der Waals surface area contributed by atoms with E-state index in [1.165, 1.54) is 5.56 Å². The van der Waals surface area contributed by atoms with Crippen molar-refractivity contribution in [3.8, 4) is 0 Å². The van der Waals surface area contributed by atoms with E-state index in [9.17, 15) is 0 Å². The van der Waals surface area contributed by atoms with Crippen LogP contribution in [-0.2, 0) is 5.41 Å². The molecule has 0 fully saturated rings. The number of nitrogens with one attached hydrogen (secondary N) is 1. The van der Waals surface area contributed by atoms with Crippen LogP contribution in [-0.4, -0.2) is 4.98 Å². The summed E-state index contributed by atoms with van der Waals surface area (Å²) in [5, 5.41) is 3.43. The van der Waals surface area contributed by atoms with Gasteiger partial charge in [-0.3, -0.25) is 4.98 Å². The molecule has 94 valence electrons. The third-order valence-electron chi connectivity index (χ3n) is 2.72. The van der Waals surface area contributed by atoms with E-state index in [0.717, 1.165) is 15.8 Å². The Morgan fingerprint density at radius 1 is 1.11 bits per heavy atom. The van der Waals surface area contributed by atoms with E-state index in [-0.39, 0.29) is 5.41 Å². The van der Waals surface area contributed by atoms with Crippen LogP contribution in [0.4, 0.5) is 11.4 Å². The molecule has 0 saturated heterocycles. The lowest BCUT2D eigenvalue weighted by atomic mass is 9.86. The molecule has 18 heavy (non-hydrogen) atoms. The maximum absolute atomic E-state index is 4.16. The van der Waals surface area contributed by atoms with Gasteiger partial charge in [0.15, 0.2) is 0 Å². The number of rotatable bonds is 2. The first-order valence-electron chi connectivity index (χ1n) is 5.94. The van der Waals surface area contributed by atoms with Gasteiger partial charge in [0.05, 0.1) is 11.9 Å². The summed E-state index contributed by atoms with van der Waals surface area (Å²) in [4.78, 5) is 4.16. The molecular formula is C15H17BrN2. The number of halogens is 1. The number of hydrogen-bond acceptors (Lipinski definition) is 2. The lowest BCUT2D eigenvalue weighted by Gasteiger charge is -2.23. The molecule has 0 amide bonds.